The topological polar surface area (TPSA) is 90.1 Å². The number of amides is 1. The van der Waals surface area contributed by atoms with Crippen molar-refractivity contribution in [2.24, 2.45) is 0 Å². The van der Waals surface area contributed by atoms with Crippen LogP contribution in [-0.2, 0) is 6.54 Å². The number of carbonyl (C=O) groups excluding carboxylic acids is 1. The van der Waals surface area contributed by atoms with Crippen LogP contribution >= 0.6 is 0 Å². The highest BCUT2D eigenvalue weighted by Crippen LogP contribution is 2.18. The summed E-state index contributed by atoms with van der Waals surface area (Å²) in [6.07, 6.45) is 4.97. The van der Waals surface area contributed by atoms with E-state index < -0.39 is 22.3 Å². The maximum Gasteiger partial charge on any atom is 0.305 e. The van der Waals surface area contributed by atoms with Gasteiger partial charge in [-0.1, -0.05) is 0 Å². The average molecular weight is 278 g/mol. The quantitative estimate of drug-likeness (QED) is 0.660. The second-order valence-electron chi connectivity index (χ2n) is 3.98. The largest absolute Gasteiger partial charge is 0.350 e. The molecule has 0 bridgehead atoms. The summed E-state index contributed by atoms with van der Waals surface area (Å²) in [5, 5.41) is 13.2. The predicted octanol–water partition coefficient (Wildman–Crippen LogP) is 1.36. The number of aromatic nitrogens is 2. The van der Waals surface area contributed by atoms with E-state index in [1.54, 1.807) is 23.3 Å². The van der Waals surface area contributed by atoms with Crippen molar-refractivity contribution < 1.29 is 14.1 Å². The Labute approximate surface area is 113 Å². The molecule has 2 aromatic rings. The van der Waals surface area contributed by atoms with Gasteiger partial charge in [0.25, 0.3) is 5.91 Å². The smallest absolute Gasteiger partial charge is 0.305 e. The minimum absolute atomic E-state index is 0.0451. The highest BCUT2D eigenvalue weighted by atomic mass is 19.1. The molecule has 8 heteroatoms. The number of nitro groups is 1. The number of nitrogens with zero attached hydrogens (tertiary/aromatic N) is 3. The lowest BCUT2D eigenvalue weighted by Gasteiger charge is -2.06. The lowest BCUT2D eigenvalue weighted by Crippen LogP contribution is -2.27. The normalized spacial score (nSPS) is 10.2. The van der Waals surface area contributed by atoms with E-state index in [1.807, 2.05) is 0 Å². The molecule has 104 valence electrons. The molecule has 0 radical (unpaired) electrons. The first kappa shape index (κ1) is 13.7. The fraction of sp³-hybridized carbons (Fsp3) is 0.167. The van der Waals surface area contributed by atoms with E-state index in [1.165, 1.54) is 6.07 Å². The standard InChI is InChI=1S/C12H11FN4O3/c13-10-2-1-9(7-11(10)17(19)20)12(18)15-4-6-16-5-3-14-8-16/h1-3,5,7-8H,4,6H2,(H,15,18). The molecule has 0 saturated heterocycles. The van der Waals surface area contributed by atoms with Gasteiger partial charge in [-0.2, -0.15) is 4.39 Å². The molecule has 0 atom stereocenters. The lowest BCUT2D eigenvalue weighted by atomic mass is 10.2. The van der Waals surface area contributed by atoms with E-state index in [2.05, 4.69) is 10.3 Å². The van der Waals surface area contributed by atoms with Crippen molar-refractivity contribution in [2.75, 3.05) is 6.54 Å². The number of imidazole rings is 1. The molecule has 0 saturated carbocycles. The first-order valence-corrected chi connectivity index (χ1v) is 5.76. The lowest BCUT2D eigenvalue weighted by molar-refractivity contribution is -0.387. The maximum atomic E-state index is 13.1. The van der Waals surface area contributed by atoms with E-state index in [-0.39, 0.29) is 5.56 Å². The van der Waals surface area contributed by atoms with E-state index in [4.69, 9.17) is 0 Å². The van der Waals surface area contributed by atoms with Crippen molar-refractivity contribution in [1.82, 2.24) is 14.9 Å². The van der Waals surface area contributed by atoms with Crippen LogP contribution in [0, 0.1) is 15.9 Å². The van der Waals surface area contributed by atoms with Crippen LogP contribution in [0.15, 0.2) is 36.9 Å². The van der Waals surface area contributed by atoms with Gasteiger partial charge >= 0.3 is 5.69 Å². The average Bonchev–Trinajstić information content (AvgIpc) is 2.92. The van der Waals surface area contributed by atoms with Gasteiger partial charge in [-0.3, -0.25) is 14.9 Å². The molecule has 20 heavy (non-hydrogen) atoms. The zero-order valence-electron chi connectivity index (χ0n) is 10.3. The fourth-order valence-corrected chi connectivity index (χ4v) is 1.61. The van der Waals surface area contributed by atoms with Crippen LogP contribution < -0.4 is 5.32 Å². The molecule has 0 fully saturated rings. The Morgan fingerprint density at radius 3 is 2.95 bits per heavy atom. The van der Waals surface area contributed by atoms with Crippen LogP contribution in [0.2, 0.25) is 0 Å². The molecule has 2 rings (SSSR count). The highest BCUT2D eigenvalue weighted by molar-refractivity contribution is 5.94. The van der Waals surface area contributed by atoms with Gasteiger partial charge in [-0.15, -0.1) is 0 Å². The van der Waals surface area contributed by atoms with Crippen LogP contribution in [0.1, 0.15) is 10.4 Å². The van der Waals surface area contributed by atoms with Gasteiger partial charge in [-0.05, 0) is 12.1 Å². The molecule has 1 aromatic heterocycles. The van der Waals surface area contributed by atoms with Crippen molar-refractivity contribution in [1.29, 1.82) is 0 Å². The van der Waals surface area contributed by atoms with Crippen LogP contribution in [0.25, 0.3) is 0 Å². The molecule has 7 nitrogen and oxygen atoms in total. The molecule has 1 N–H and O–H groups in total. The van der Waals surface area contributed by atoms with E-state index >= 15 is 0 Å². The van der Waals surface area contributed by atoms with Crippen LogP contribution in [0.4, 0.5) is 10.1 Å². The Kier molecular flexibility index (Phi) is 4.04. The summed E-state index contributed by atoms with van der Waals surface area (Å²) in [6.45, 7) is 0.857. The SMILES string of the molecule is O=C(NCCn1ccnc1)c1ccc(F)c([N+](=O)[O-])c1. The minimum atomic E-state index is -0.968. The molecule has 0 spiro atoms. The van der Waals surface area contributed by atoms with Crippen molar-refractivity contribution in [2.45, 2.75) is 6.54 Å². The van der Waals surface area contributed by atoms with E-state index in [9.17, 15) is 19.3 Å². The Morgan fingerprint density at radius 2 is 2.30 bits per heavy atom. The summed E-state index contributed by atoms with van der Waals surface area (Å²) in [7, 11) is 0. The Bertz CT molecular complexity index is 628. The Balaban J connectivity index is 1.98. The van der Waals surface area contributed by atoms with Crippen molar-refractivity contribution in [3.8, 4) is 0 Å². The molecule has 0 aliphatic carbocycles. The number of benzene rings is 1. The number of nitro benzene ring substituents is 1. The third-order valence-electron chi connectivity index (χ3n) is 2.62. The summed E-state index contributed by atoms with van der Waals surface area (Å²) in [5.41, 5.74) is -0.670. The van der Waals surface area contributed by atoms with Gasteiger partial charge in [0.15, 0.2) is 0 Å². The Hall–Kier alpha value is -2.77. The monoisotopic (exact) mass is 278 g/mol. The number of rotatable bonds is 5. The number of carbonyl (C=O) groups is 1. The fourth-order valence-electron chi connectivity index (χ4n) is 1.61. The third-order valence-corrected chi connectivity index (χ3v) is 2.62. The van der Waals surface area contributed by atoms with Gasteiger partial charge in [0, 0.05) is 37.1 Å². The number of nitrogens with one attached hydrogen (secondary N) is 1. The van der Waals surface area contributed by atoms with Gasteiger partial charge < -0.3 is 9.88 Å². The summed E-state index contributed by atoms with van der Waals surface area (Å²) >= 11 is 0. The molecule has 1 aromatic carbocycles. The zero-order valence-corrected chi connectivity index (χ0v) is 10.3. The Morgan fingerprint density at radius 1 is 1.50 bits per heavy atom. The predicted molar refractivity (Wildman–Crippen MR) is 67.6 cm³/mol. The summed E-state index contributed by atoms with van der Waals surface area (Å²) < 4.78 is 14.9. The summed E-state index contributed by atoms with van der Waals surface area (Å²) in [6, 6.07) is 3.03. The van der Waals surface area contributed by atoms with Gasteiger partial charge in [-0.25, -0.2) is 4.98 Å². The van der Waals surface area contributed by atoms with E-state index in [0.717, 1.165) is 12.1 Å². The van der Waals surface area contributed by atoms with E-state index in [0.29, 0.717) is 13.1 Å². The van der Waals surface area contributed by atoms with Crippen LogP contribution in [0.5, 0.6) is 0 Å². The molecule has 0 aliphatic heterocycles. The highest BCUT2D eigenvalue weighted by Gasteiger charge is 2.17. The van der Waals surface area contributed by atoms with Gasteiger partial charge in [0.05, 0.1) is 11.3 Å². The minimum Gasteiger partial charge on any atom is -0.350 e. The van der Waals surface area contributed by atoms with Gasteiger partial charge in [0.2, 0.25) is 5.82 Å². The molecular weight excluding hydrogens is 267 g/mol. The third kappa shape index (κ3) is 3.16. The summed E-state index contributed by atoms with van der Waals surface area (Å²) in [5.74, 6) is -1.46. The maximum absolute atomic E-state index is 13.1. The molecule has 1 heterocycles. The number of halogens is 1. The van der Waals surface area contributed by atoms with Crippen molar-refractivity contribution >= 4 is 11.6 Å². The van der Waals surface area contributed by atoms with Gasteiger partial charge in [0.1, 0.15) is 0 Å². The first-order chi connectivity index (χ1) is 9.58. The zero-order chi connectivity index (χ0) is 14.5. The molecule has 1 amide bonds. The van der Waals surface area contributed by atoms with Crippen molar-refractivity contribution in [3.05, 3.63) is 58.4 Å². The summed E-state index contributed by atoms with van der Waals surface area (Å²) in [4.78, 5) is 25.4. The molecule has 0 unspecified atom stereocenters. The molecule has 0 aliphatic rings. The van der Waals surface area contributed by atoms with Crippen LogP contribution in [-0.4, -0.2) is 26.9 Å². The number of hydrogen-bond donors (Lipinski definition) is 1. The molecular formula is C12H11FN4O3. The number of hydrogen-bond acceptors (Lipinski definition) is 4. The van der Waals surface area contributed by atoms with Crippen LogP contribution in [0.3, 0.4) is 0 Å². The second-order valence-corrected chi connectivity index (χ2v) is 3.98. The first-order valence-electron chi connectivity index (χ1n) is 5.76. The second kappa shape index (κ2) is 5.91. The van der Waals surface area contributed by atoms with Crippen molar-refractivity contribution in [3.63, 3.8) is 0 Å².